The van der Waals surface area contributed by atoms with Crippen molar-refractivity contribution in [2.45, 2.75) is 19.5 Å². The van der Waals surface area contributed by atoms with Gasteiger partial charge in [-0.3, -0.25) is 0 Å². The summed E-state index contributed by atoms with van der Waals surface area (Å²) in [6.45, 7) is 1.99. The van der Waals surface area contributed by atoms with Gasteiger partial charge in [-0.2, -0.15) is 13.2 Å². The average Bonchev–Trinajstić information content (AvgIpc) is 2.25. The van der Waals surface area contributed by atoms with Gasteiger partial charge in [0.15, 0.2) is 0 Å². The van der Waals surface area contributed by atoms with Crippen molar-refractivity contribution >= 4 is 17.3 Å². The van der Waals surface area contributed by atoms with Gasteiger partial charge in [0.2, 0.25) is 0 Å². The summed E-state index contributed by atoms with van der Waals surface area (Å²) in [6, 6.07) is 5.29. The molecule has 0 aliphatic rings. The first kappa shape index (κ1) is 13.2. The van der Waals surface area contributed by atoms with Crippen LogP contribution in [-0.4, -0.2) is 6.26 Å². The van der Waals surface area contributed by atoms with Crippen LogP contribution in [0.25, 0.3) is 5.57 Å². The lowest BCUT2D eigenvalue weighted by Crippen LogP contribution is -2.04. The Morgan fingerprint density at radius 2 is 1.81 bits per heavy atom. The van der Waals surface area contributed by atoms with Gasteiger partial charge >= 0.3 is 6.18 Å². The highest BCUT2D eigenvalue weighted by atomic mass is 32.2. The van der Waals surface area contributed by atoms with Crippen molar-refractivity contribution in [1.29, 1.82) is 0 Å². The number of alkyl halides is 3. The van der Waals surface area contributed by atoms with E-state index in [0.717, 1.165) is 29.7 Å². The van der Waals surface area contributed by atoms with Gasteiger partial charge in [0, 0.05) is 0 Å². The van der Waals surface area contributed by atoms with Crippen molar-refractivity contribution in [2.24, 2.45) is 0 Å². The molecule has 1 aromatic rings. The Hall–Kier alpha value is -0.900. The Morgan fingerprint density at radius 3 is 2.19 bits per heavy atom. The van der Waals surface area contributed by atoms with E-state index in [1.54, 1.807) is 11.8 Å². The minimum absolute atomic E-state index is 0.601. The molecule has 0 radical (unpaired) electrons. The Bertz CT molecular complexity index is 363. The molecule has 0 heterocycles. The van der Waals surface area contributed by atoms with E-state index in [1.165, 1.54) is 12.1 Å². The molecule has 88 valence electrons. The molecule has 0 N–H and O–H groups in total. The molecular formula is C12H13F3S. The summed E-state index contributed by atoms with van der Waals surface area (Å²) >= 11 is 1.55. The van der Waals surface area contributed by atoms with E-state index < -0.39 is 11.7 Å². The molecule has 0 fully saturated rings. The Labute approximate surface area is 97.6 Å². The maximum absolute atomic E-state index is 12.3. The summed E-state index contributed by atoms with van der Waals surface area (Å²) in [7, 11) is 0. The predicted molar refractivity (Wildman–Crippen MR) is 63.2 cm³/mol. The quantitative estimate of drug-likeness (QED) is 0.736. The normalized spacial score (nSPS) is 12.9. The van der Waals surface area contributed by atoms with Crippen molar-refractivity contribution in [3.05, 3.63) is 40.8 Å². The van der Waals surface area contributed by atoms with Crippen LogP contribution in [0.1, 0.15) is 24.5 Å². The third kappa shape index (κ3) is 3.30. The lowest BCUT2D eigenvalue weighted by atomic mass is 10.0. The smallest absolute Gasteiger partial charge is 0.166 e. The monoisotopic (exact) mass is 246 g/mol. The zero-order valence-electron chi connectivity index (χ0n) is 9.14. The highest BCUT2D eigenvalue weighted by Gasteiger charge is 2.29. The Balaban J connectivity index is 2.99. The maximum atomic E-state index is 12.3. The molecular weight excluding hydrogens is 233 g/mol. The second kappa shape index (κ2) is 5.43. The summed E-state index contributed by atoms with van der Waals surface area (Å²) in [5.74, 6) is 0. The average molecular weight is 246 g/mol. The van der Waals surface area contributed by atoms with Gasteiger partial charge in [0.25, 0.3) is 0 Å². The zero-order valence-corrected chi connectivity index (χ0v) is 9.95. The molecule has 0 spiro atoms. The van der Waals surface area contributed by atoms with E-state index in [-0.39, 0.29) is 0 Å². The van der Waals surface area contributed by atoms with Gasteiger partial charge in [-0.05, 0) is 41.4 Å². The van der Waals surface area contributed by atoms with E-state index in [9.17, 15) is 13.2 Å². The molecule has 1 aromatic carbocycles. The van der Waals surface area contributed by atoms with Crippen LogP contribution in [0.5, 0.6) is 0 Å². The lowest BCUT2D eigenvalue weighted by Gasteiger charge is -2.09. The van der Waals surface area contributed by atoms with Crippen LogP contribution in [-0.2, 0) is 6.18 Å². The molecule has 0 unspecified atom stereocenters. The number of allylic oxidation sites excluding steroid dienone is 1. The van der Waals surface area contributed by atoms with Crippen LogP contribution >= 0.6 is 11.8 Å². The molecule has 1 rings (SSSR count). The number of hydrogen-bond acceptors (Lipinski definition) is 1. The first-order chi connectivity index (χ1) is 7.49. The summed E-state index contributed by atoms with van der Waals surface area (Å²) in [5, 5.41) is 1.96. The maximum Gasteiger partial charge on any atom is 0.416 e. The van der Waals surface area contributed by atoms with E-state index in [4.69, 9.17) is 0 Å². The van der Waals surface area contributed by atoms with Crippen LogP contribution in [0.2, 0.25) is 0 Å². The summed E-state index contributed by atoms with van der Waals surface area (Å²) in [4.78, 5) is 0. The molecule has 0 aromatic heterocycles. The third-order valence-electron chi connectivity index (χ3n) is 2.22. The molecule has 0 bridgehead atoms. The molecule has 4 heteroatoms. The fourth-order valence-corrected chi connectivity index (χ4v) is 1.96. The van der Waals surface area contributed by atoms with E-state index in [2.05, 4.69) is 0 Å². The third-order valence-corrected chi connectivity index (χ3v) is 2.74. The van der Waals surface area contributed by atoms with Gasteiger partial charge in [0.1, 0.15) is 0 Å². The zero-order chi connectivity index (χ0) is 12.2. The fraction of sp³-hybridized carbons (Fsp3) is 0.333. The van der Waals surface area contributed by atoms with Crippen molar-refractivity contribution in [1.82, 2.24) is 0 Å². The van der Waals surface area contributed by atoms with Gasteiger partial charge < -0.3 is 0 Å². The SMILES string of the molecule is CC/C(=C\SC)c1ccc(C(F)(F)F)cc1. The van der Waals surface area contributed by atoms with Gasteiger partial charge in [-0.25, -0.2) is 0 Å². The van der Waals surface area contributed by atoms with E-state index >= 15 is 0 Å². The second-order valence-corrected chi connectivity index (χ2v) is 4.01. The number of rotatable bonds is 3. The summed E-state index contributed by atoms with van der Waals surface area (Å²) < 4.78 is 37.0. The predicted octanol–water partition coefficient (Wildman–Crippen LogP) is 4.82. The van der Waals surface area contributed by atoms with Crippen LogP contribution in [0, 0.1) is 0 Å². The van der Waals surface area contributed by atoms with Crippen LogP contribution < -0.4 is 0 Å². The molecule has 0 nitrogen and oxygen atoms in total. The van der Waals surface area contributed by atoms with E-state index in [0.29, 0.717) is 0 Å². The Morgan fingerprint density at radius 1 is 1.25 bits per heavy atom. The van der Waals surface area contributed by atoms with Crippen molar-refractivity contribution < 1.29 is 13.2 Å². The van der Waals surface area contributed by atoms with E-state index in [1.807, 2.05) is 18.6 Å². The minimum Gasteiger partial charge on any atom is -0.166 e. The van der Waals surface area contributed by atoms with Crippen LogP contribution in [0.3, 0.4) is 0 Å². The number of thioether (sulfide) groups is 1. The first-order valence-electron chi connectivity index (χ1n) is 4.88. The molecule has 0 aliphatic carbocycles. The van der Waals surface area contributed by atoms with Gasteiger partial charge in [-0.15, -0.1) is 11.8 Å². The van der Waals surface area contributed by atoms with Crippen LogP contribution in [0.4, 0.5) is 13.2 Å². The summed E-state index contributed by atoms with van der Waals surface area (Å²) in [5.41, 5.74) is 1.31. The minimum atomic E-state index is -4.26. The molecule has 0 amide bonds. The largest absolute Gasteiger partial charge is 0.416 e. The topological polar surface area (TPSA) is 0 Å². The fourth-order valence-electron chi connectivity index (χ4n) is 1.37. The molecule has 0 aliphatic heterocycles. The second-order valence-electron chi connectivity index (χ2n) is 3.31. The van der Waals surface area contributed by atoms with Crippen molar-refractivity contribution in [2.75, 3.05) is 6.26 Å². The lowest BCUT2D eigenvalue weighted by molar-refractivity contribution is -0.137. The summed E-state index contributed by atoms with van der Waals surface area (Å²) in [6.07, 6.45) is -1.51. The Kier molecular flexibility index (Phi) is 4.47. The van der Waals surface area contributed by atoms with Gasteiger partial charge in [-0.1, -0.05) is 19.1 Å². The molecule has 0 saturated heterocycles. The molecule has 0 atom stereocenters. The number of halogens is 3. The molecule has 16 heavy (non-hydrogen) atoms. The standard InChI is InChI=1S/C12H13F3S/c1-3-9(8-16-2)10-4-6-11(7-5-10)12(13,14)15/h4-8H,3H2,1-2H3/b9-8+. The van der Waals surface area contributed by atoms with Crippen LogP contribution in [0.15, 0.2) is 29.7 Å². The number of hydrogen-bond donors (Lipinski definition) is 0. The van der Waals surface area contributed by atoms with Gasteiger partial charge in [0.05, 0.1) is 5.56 Å². The number of benzene rings is 1. The highest BCUT2D eigenvalue weighted by Crippen LogP contribution is 2.30. The highest BCUT2D eigenvalue weighted by molar-refractivity contribution is 8.01. The van der Waals surface area contributed by atoms with Crippen molar-refractivity contribution in [3.8, 4) is 0 Å². The van der Waals surface area contributed by atoms with Crippen molar-refractivity contribution in [3.63, 3.8) is 0 Å². The molecule has 0 saturated carbocycles. The first-order valence-corrected chi connectivity index (χ1v) is 6.17.